The Balaban J connectivity index is 2.20. The van der Waals surface area contributed by atoms with Gasteiger partial charge in [-0.05, 0) is 25.7 Å². The van der Waals surface area contributed by atoms with Gasteiger partial charge in [-0.25, -0.2) is 4.79 Å². The number of nitrogens with zero attached hydrogens (tertiary/aromatic N) is 1. The van der Waals surface area contributed by atoms with Crippen LogP contribution in [0.4, 0.5) is 4.79 Å². The van der Waals surface area contributed by atoms with Gasteiger partial charge in [-0.3, -0.25) is 15.0 Å². The van der Waals surface area contributed by atoms with Crippen LogP contribution in [0.5, 0.6) is 0 Å². The molecule has 0 bridgehead atoms. The first-order chi connectivity index (χ1) is 6.11. The zero-order chi connectivity index (χ0) is 9.59. The molecule has 1 heterocycles. The molecule has 0 spiro atoms. The number of rotatable bonds is 2. The number of nitrogens with two attached hydrogens (primary N) is 1. The molecule has 1 aliphatic heterocycles. The van der Waals surface area contributed by atoms with E-state index in [4.69, 9.17) is 5.73 Å². The Morgan fingerprint density at radius 2 is 2.15 bits per heavy atom. The van der Waals surface area contributed by atoms with Gasteiger partial charge in [0.15, 0.2) is 0 Å². The van der Waals surface area contributed by atoms with Gasteiger partial charge in [-0.1, -0.05) is 0 Å². The quantitative estimate of drug-likeness (QED) is 0.573. The van der Waals surface area contributed by atoms with E-state index in [0.29, 0.717) is 5.92 Å². The highest BCUT2D eigenvalue weighted by Gasteiger charge is 2.48. The van der Waals surface area contributed by atoms with Gasteiger partial charge in [0.25, 0.3) is 5.91 Å². The molecule has 0 aromatic heterocycles. The maximum Gasteiger partial charge on any atom is 0.326 e. The molecule has 5 heteroatoms. The molecule has 2 aliphatic rings. The molecule has 0 aromatic rings. The van der Waals surface area contributed by atoms with Crippen LogP contribution in [0.2, 0.25) is 0 Å². The zero-order valence-corrected chi connectivity index (χ0v) is 7.49. The predicted molar refractivity (Wildman–Crippen MR) is 45.5 cm³/mol. The third kappa shape index (κ3) is 1.29. The Hall–Kier alpha value is -1.10. The van der Waals surface area contributed by atoms with Gasteiger partial charge < -0.3 is 5.73 Å². The van der Waals surface area contributed by atoms with Crippen molar-refractivity contribution in [3.05, 3.63) is 0 Å². The molecule has 3 N–H and O–H groups in total. The van der Waals surface area contributed by atoms with Crippen LogP contribution in [0.15, 0.2) is 0 Å². The second-order valence-corrected chi connectivity index (χ2v) is 3.72. The smallest absolute Gasteiger partial charge is 0.311 e. The van der Waals surface area contributed by atoms with Crippen LogP contribution < -0.4 is 11.1 Å². The molecular weight excluding hydrogens is 170 g/mol. The van der Waals surface area contributed by atoms with E-state index in [1.165, 1.54) is 4.90 Å². The lowest BCUT2D eigenvalue weighted by Crippen LogP contribution is -2.47. The summed E-state index contributed by atoms with van der Waals surface area (Å²) in [4.78, 5) is 24.1. The van der Waals surface area contributed by atoms with Gasteiger partial charge in [0.1, 0.15) is 6.04 Å². The normalized spacial score (nSPS) is 30.6. The van der Waals surface area contributed by atoms with E-state index >= 15 is 0 Å². The standard InChI is InChI=1S/C8H13N3O2/c1-4(9)11-6(5-2-3-5)7(12)10-8(11)13/h4-6H,2-3,9H2,1H3,(H,10,12,13)/t4-,6?/m1/s1. The summed E-state index contributed by atoms with van der Waals surface area (Å²) in [5.74, 6) is 0.141. The Morgan fingerprint density at radius 1 is 1.54 bits per heavy atom. The number of amides is 3. The van der Waals surface area contributed by atoms with Crippen LogP contribution >= 0.6 is 0 Å². The van der Waals surface area contributed by atoms with Crippen LogP contribution in [0.25, 0.3) is 0 Å². The molecule has 3 amide bonds. The fourth-order valence-electron chi connectivity index (χ4n) is 1.79. The lowest BCUT2D eigenvalue weighted by Gasteiger charge is -2.24. The fraction of sp³-hybridized carbons (Fsp3) is 0.750. The van der Waals surface area contributed by atoms with Crippen molar-refractivity contribution in [2.75, 3.05) is 0 Å². The van der Waals surface area contributed by atoms with Crippen molar-refractivity contribution in [1.82, 2.24) is 10.2 Å². The summed E-state index contributed by atoms with van der Waals surface area (Å²) >= 11 is 0. The molecular formula is C8H13N3O2. The monoisotopic (exact) mass is 183 g/mol. The van der Waals surface area contributed by atoms with Crippen molar-refractivity contribution in [3.8, 4) is 0 Å². The first kappa shape index (κ1) is 8.50. The van der Waals surface area contributed by atoms with Crippen LogP contribution in [0, 0.1) is 5.92 Å². The highest BCUT2D eigenvalue weighted by molar-refractivity contribution is 6.04. The average Bonchev–Trinajstić information content (AvgIpc) is 2.77. The lowest BCUT2D eigenvalue weighted by atomic mass is 10.1. The molecule has 2 rings (SSSR count). The predicted octanol–water partition coefficient (Wildman–Crippen LogP) is -0.378. The third-order valence-electron chi connectivity index (χ3n) is 2.54. The number of urea groups is 1. The summed E-state index contributed by atoms with van der Waals surface area (Å²) in [6, 6.07) is -0.663. The molecule has 13 heavy (non-hydrogen) atoms. The minimum absolute atomic E-state index is 0.190. The van der Waals surface area contributed by atoms with Crippen molar-refractivity contribution in [3.63, 3.8) is 0 Å². The zero-order valence-electron chi connectivity index (χ0n) is 7.49. The maximum atomic E-state index is 11.4. The van der Waals surface area contributed by atoms with E-state index in [2.05, 4.69) is 5.32 Å². The number of imide groups is 1. The second kappa shape index (κ2) is 2.70. The van der Waals surface area contributed by atoms with Crippen molar-refractivity contribution >= 4 is 11.9 Å². The summed E-state index contributed by atoms with van der Waals surface area (Å²) < 4.78 is 0. The highest BCUT2D eigenvalue weighted by atomic mass is 16.2. The van der Waals surface area contributed by atoms with E-state index in [9.17, 15) is 9.59 Å². The minimum atomic E-state index is -0.392. The molecule has 1 saturated heterocycles. The van der Waals surface area contributed by atoms with Crippen molar-refractivity contribution in [2.45, 2.75) is 32.0 Å². The van der Waals surface area contributed by atoms with Gasteiger partial charge in [-0.15, -0.1) is 0 Å². The number of nitrogens with one attached hydrogen (secondary N) is 1. The van der Waals surface area contributed by atoms with E-state index < -0.39 is 6.17 Å². The Bertz CT molecular complexity index is 242. The SMILES string of the molecule is C[C@H](N)N1C(=O)NC(=O)C1C1CC1. The van der Waals surface area contributed by atoms with Crippen molar-refractivity contribution in [1.29, 1.82) is 0 Å². The molecule has 5 nitrogen and oxygen atoms in total. The Labute approximate surface area is 76.3 Å². The fourth-order valence-corrected chi connectivity index (χ4v) is 1.79. The molecule has 0 aromatic carbocycles. The molecule has 1 aliphatic carbocycles. The van der Waals surface area contributed by atoms with Gasteiger partial charge in [-0.2, -0.15) is 0 Å². The van der Waals surface area contributed by atoms with E-state index in [1.54, 1.807) is 6.92 Å². The Kier molecular flexibility index (Phi) is 1.76. The minimum Gasteiger partial charge on any atom is -0.311 e. The van der Waals surface area contributed by atoms with Gasteiger partial charge >= 0.3 is 6.03 Å². The van der Waals surface area contributed by atoms with Gasteiger partial charge in [0.2, 0.25) is 0 Å². The molecule has 0 radical (unpaired) electrons. The number of hydrogen-bond donors (Lipinski definition) is 2. The van der Waals surface area contributed by atoms with Crippen LogP contribution in [0.3, 0.4) is 0 Å². The molecule has 1 saturated carbocycles. The van der Waals surface area contributed by atoms with E-state index in [-0.39, 0.29) is 18.0 Å². The molecule has 2 fully saturated rings. The van der Waals surface area contributed by atoms with Crippen molar-refractivity contribution < 1.29 is 9.59 Å². The lowest BCUT2D eigenvalue weighted by molar-refractivity contribution is -0.122. The maximum absolute atomic E-state index is 11.4. The van der Waals surface area contributed by atoms with Gasteiger partial charge in [0.05, 0.1) is 6.17 Å². The van der Waals surface area contributed by atoms with Crippen LogP contribution in [-0.4, -0.2) is 29.0 Å². The largest absolute Gasteiger partial charge is 0.326 e. The van der Waals surface area contributed by atoms with Crippen LogP contribution in [0.1, 0.15) is 19.8 Å². The topological polar surface area (TPSA) is 75.4 Å². The molecule has 1 unspecified atom stereocenters. The summed E-state index contributed by atoms with van der Waals surface area (Å²) in [6.45, 7) is 1.72. The van der Waals surface area contributed by atoms with Crippen LogP contribution in [-0.2, 0) is 4.79 Å². The summed E-state index contributed by atoms with van der Waals surface area (Å²) in [6.07, 6.45) is 1.65. The van der Waals surface area contributed by atoms with Gasteiger partial charge in [0, 0.05) is 0 Å². The number of carbonyl (C=O) groups excluding carboxylic acids is 2. The summed E-state index contributed by atoms with van der Waals surface area (Å²) in [5.41, 5.74) is 5.62. The summed E-state index contributed by atoms with van der Waals surface area (Å²) in [5, 5.41) is 2.29. The average molecular weight is 183 g/mol. The highest BCUT2D eigenvalue weighted by Crippen LogP contribution is 2.37. The Morgan fingerprint density at radius 3 is 2.62 bits per heavy atom. The number of hydrogen-bond acceptors (Lipinski definition) is 3. The molecule has 72 valence electrons. The second-order valence-electron chi connectivity index (χ2n) is 3.72. The van der Waals surface area contributed by atoms with E-state index in [0.717, 1.165) is 12.8 Å². The van der Waals surface area contributed by atoms with Crippen molar-refractivity contribution in [2.24, 2.45) is 11.7 Å². The first-order valence-electron chi connectivity index (χ1n) is 4.50. The summed E-state index contributed by atoms with van der Waals surface area (Å²) in [7, 11) is 0. The first-order valence-corrected chi connectivity index (χ1v) is 4.50. The van der Waals surface area contributed by atoms with E-state index in [1.807, 2.05) is 0 Å². The third-order valence-corrected chi connectivity index (χ3v) is 2.54. The molecule has 2 atom stereocenters. The number of carbonyl (C=O) groups is 2.